The SMILES string of the molecule is COc1ccc2c(c1)NC(=O)Nc1cnc(C#N)c(n1)OCCCCCO2. The highest BCUT2D eigenvalue weighted by Gasteiger charge is 2.14. The van der Waals surface area contributed by atoms with Crippen molar-refractivity contribution >= 4 is 17.5 Å². The molecule has 27 heavy (non-hydrogen) atoms. The normalized spacial score (nSPS) is 14.6. The molecule has 0 unspecified atom stereocenters. The van der Waals surface area contributed by atoms with Gasteiger partial charge in [-0.05, 0) is 31.4 Å². The van der Waals surface area contributed by atoms with E-state index < -0.39 is 6.03 Å². The van der Waals surface area contributed by atoms with Crippen molar-refractivity contribution in [2.75, 3.05) is 31.0 Å². The molecule has 0 fully saturated rings. The third-order valence-corrected chi connectivity index (χ3v) is 3.81. The summed E-state index contributed by atoms with van der Waals surface area (Å²) in [4.78, 5) is 20.5. The van der Waals surface area contributed by atoms with E-state index in [1.165, 1.54) is 6.20 Å². The summed E-state index contributed by atoms with van der Waals surface area (Å²) in [5.74, 6) is 1.40. The van der Waals surface area contributed by atoms with Crippen molar-refractivity contribution in [1.29, 1.82) is 5.26 Å². The molecule has 0 saturated heterocycles. The number of nitrogens with zero attached hydrogens (tertiary/aromatic N) is 3. The van der Waals surface area contributed by atoms with Crippen molar-refractivity contribution in [3.05, 3.63) is 30.1 Å². The minimum absolute atomic E-state index is 0.0729. The quantitative estimate of drug-likeness (QED) is 0.793. The smallest absolute Gasteiger partial charge is 0.325 e. The van der Waals surface area contributed by atoms with E-state index >= 15 is 0 Å². The van der Waals surface area contributed by atoms with Crippen LogP contribution in [0.1, 0.15) is 25.0 Å². The highest BCUT2D eigenvalue weighted by atomic mass is 16.5. The molecule has 3 rings (SSSR count). The van der Waals surface area contributed by atoms with Crippen LogP contribution < -0.4 is 24.8 Å². The Balaban J connectivity index is 1.87. The Bertz CT molecular complexity index is 865. The maximum Gasteiger partial charge on any atom is 0.325 e. The van der Waals surface area contributed by atoms with Crippen LogP contribution in [-0.2, 0) is 0 Å². The van der Waals surface area contributed by atoms with Crippen molar-refractivity contribution in [2.24, 2.45) is 0 Å². The monoisotopic (exact) mass is 369 g/mol. The molecule has 9 nitrogen and oxygen atoms in total. The van der Waals surface area contributed by atoms with Gasteiger partial charge in [0.05, 0.1) is 32.2 Å². The number of aromatic nitrogens is 2. The fourth-order valence-electron chi connectivity index (χ4n) is 2.47. The topological polar surface area (TPSA) is 118 Å². The average Bonchev–Trinajstić information content (AvgIpc) is 2.68. The molecule has 2 aromatic rings. The first-order chi connectivity index (χ1) is 13.2. The van der Waals surface area contributed by atoms with E-state index in [-0.39, 0.29) is 17.4 Å². The first kappa shape index (κ1) is 18.3. The van der Waals surface area contributed by atoms with Gasteiger partial charge in [0.1, 0.15) is 17.6 Å². The minimum Gasteiger partial charge on any atom is -0.497 e. The zero-order chi connectivity index (χ0) is 19.1. The van der Waals surface area contributed by atoms with Crippen LogP contribution in [-0.4, -0.2) is 36.3 Å². The van der Waals surface area contributed by atoms with Crippen molar-refractivity contribution in [2.45, 2.75) is 19.3 Å². The van der Waals surface area contributed by atoms with Crippen LogP contribution in [0.5, 0.6) is 17.4 Å². The van der Waals surface area contributed by atoms with E-state index in [4.69, 9.17) is 19.5 Å². The van der Waals surface area contributed by atoms with Gasteiger partial charge < -0.3 is 19.5 Å². The van der Waals surface area contributed by atoms with E-state index in [0.717, 1.165) is 19.3 Å². The molecule has 9 heteroatoms. The summed E-state index contributed by atoms with van der Waals surface area (Å²) in [5.41, 5.74) is 0.545. The van der Waals surface area contributed by atoms with E-state index in [1.807, 2.05) is 6.07 Å². The van der Waals surface area contributed by atoms with Crippen molar-refractivity contribution in [3.63, 3.8) is 0 Å². The molecule has 0 radical (unpaired) electrons. The molecule has 2 amide bonds. The molecule has 1 aliphatic rings. The fourth-order valence-corrected chi connectivity index (χ4v) is 2.47. The molecule has 1 aliphatic heterocycles. The van der Waals surface area contributed by atoms with Crippen molar-refractivity contribution in [1.82, 2.24) is 9.97 Å². The van der Waals surface area contributed by atoms with Crippen LogP contribution in [0.2, 0.25) is 0 Å². The Labute approximate surface area is 156 Å². The third-order valence-electron chi connectivity index (χ3n) is 3.81. The maximum atomic E-state index is 12.4. The molecule has 1 aromatic carbocycles. The van der Waals surface area contributed by atoms with Gasteiger partial charge in [-0.25, -0.2) is 9.78 Å². The largest absolute Gasteiger partial charge is 0.497 e. The first-order valence-corrected chi connectivity index (χ1v) is 8.48. The number of carbonyl (C=O) groups excluding carboxylic acids is 1. The predicted octanol–water partition coefficient (Wildman–Crippen LogP) is 2.94. The minimum atomic E-state index is -0.534. The standard InChI is InChI=1S/C18H19N5O4/c1-25-12-5-6-15-13(9-12)21-18(24)23-16-11-20-14(10-19)17(22-16)27-8-4-2-3-7-26-15/h5-6,9,11H,2-4,7-8H2,1H3,(H2,21,22,23,24). The van der Waals surface area contributed by atoms with Crippen LogP contribution in [0.4, 0.5) is 16.3 Å². The molecular weight excluding hydrogens is 350 g/mol. The van der Waals surface area contributed by atoms with Gasteiger partial charge in [-0.15, -0.1) is 0 Å². The molecule has 0 atom stereocenters. The number of nitrogens with one attached hydrogen (secondary N) is 2. The van der Waals surface area contributed by atoms with Gasteiger partial charge in [-0.1, -0.05) is 0 Å². The summed E-state index contributed by atoms with van der Waals surface area (Å²) in [6.45, 7) is 0.895. The lowest BCUT2D eigenvalue weighted by Gasteiger charge is -2.14. The van der Waals surface area contributed by atoms with Gasteiger partial charge in [0.25, 0.3) is 5.88 Å². The van der Waals surface area contributed by atoms with Crippen LogP contribution in [0, 0.1) is 11.3 Å². The maximum absolute atomic E-state index is 12.4. The Morgan fingerprint density at radius 1 is 1.19 bits per heavy atom. The van der Waals surface area contributed by atoms with Crippen LogP contribution in [0.25, 0.3) is 0 Å². The molecule has 2 heterocycles. The number of urea groups is 1. The molecular formula is C18H19N5O4. The van der Waals surface area contributed by atoms with E-state index in [2.05, 4.69) is 20.6 Å². The number of amides is 2. The highest BCUT2D eigenvalue weighted by molar-refractivity contribution is 6.00. The number of carbonyl (C=O) groups is 1. The van der Waals surface area contributed by atoms with Crippen LogP contribution in [0.15, 0.2) is 24.4 Å². The summed E-state index contributed by atoms with van der Waals surface area (Å²) in [6.07, 6.45) is 3.77. The second kappa shape index (κ2) is 8.71. The summed E-state index contributed by atoms with van der Waals surface area (Å²) in [7, 11) is 1.54. The Morgan fingerprint density at radius 3 is 2.78 bits per heavy atom. The zero-order valence-electron chi connectivity index (χ0n) is 14.8. The molecule has 2 N–H and O–H groups in total. The molecule has 0 spiro atoms. The first-order valence-electron chi connectivity index (χ1n) is 8.48. The lowest BCUT2D eigenvalue weighted by atomic mass is 10.2. The van der Waals surface area contributed by atoms with E-state index in [1.54, 1.807) is 25.3 Å². The number of fused-ring (bicyclic) bond motifs is 3. The lowest BCUT2D eigenvalue weighted by molar-refractivity contribution is 0.261. The number of benzene rings is 1. The average molecular weight is 369 g/mol. The predicted molar refractivity (Wildman–Crippen MR) is 97.2 cm³/mol. The van der Waals surface area contributed by atoms with Gasteiger partial charge in [-0.3, -0.25) is 5.32 Å². The van der Waals surface area contributed by atoms with E-state index in [0.29, 0.717) is 30.4 Å². The summed E-state index contributed by atoms with van der Waals surface area (Å²) < 4.78 is 16.5. The molecule has 1 aromatic heterocycles. The van der Waals surface area contributed by atoms with Gasteiger partial charge in [0, 0.05) is 6.07 Å². The fraction of sp³-hybridized carbons (Fsp3) is 0.333. The highest BCUT2D eigenvalue weighted by Crippen LogP contribution is 2.30. The van der Waals surface area contributed by atoms with Crippen LogP contribution >= 0.6 is 0 Å². The molecule has 0 saturated carbocycles. The number of hydrogen-bond acceptors (Lipinski definition) is 7. The Morgan fingerprint density at radius 2 is 2.00 bits per heavy atom. The number of rotatable bonds is 1. The number of anilines is 2. The van der Waals surface area contributed by atoms with Gasteiger partial charge in [0.2, 0.25) is 5.69 Å². The van der Waals surface area contributed by atoms with E-state index in [9.17, 15) is 4.79 Å². The van der Waals surface area contributed by atoms with Gasteiger partial charge >= 0.3 is 6.03 Å². The lowest BCUT2D eigenvalue weighted by Crippen LogP contribution is -2.21. The van der Waals surface area contributed by atoms with Crippen LogP contribution in [0.3, 0.4) is 0 Å². The van der Waals surface area contributed by atoms with Gasteiger partial charge in [0.15, 0.2) is 5.82 Å². The summed E-state index contributed by atoms with van der Waals surface area (Å²) >= 11 is 0. The Hall–Kier alpha value is -3.54. The zero-order valence-corrected chi connectivity index (χ0v) is 14.8. The number of ether oxygens (including phenoxy) is 3. The summed E-state index contributed by atoms with van der Waals surface area (Å²) in [5, 5.41) is 14.4. The Kier molecular flexibility index (Phi) is 5.89. The molecule has 2 bridgehead atoms. The molecule has 140 valence electrons. The van der Waals surface area contributed by atoms with Crippen molar-refractivity contribution in [3.8, 4) is 23.4 Å². The number of nitriles is 1. The summed E-state index contributed by atoms with van der Waals surface area (Å²) in [6, 6.07) is 6.57. The van der Waals surface area contributed by atoms with Crippen molar-refractivity contribution < 1.29 is 19.0 Å². The third kappa shape index (κ3) is 4.76. The second-order valence-electron chi connectivity index (χ2n) is 5.72. The number of methoxy groups -OCH3 is 1. The van der Waals surface area contributed by atoms with Gasteiger partial charge in [-0.2, -0.15) is 10.2 Å². The second-order valence-corrected chi connectivity index (χ2v) is 5.72. The number of hydrogen-bond donors (Lipinski definition) is 2. The molecule has 0 aliphatic carbocycles.